The Labute approximate surface area is 227 Å². The van der Waals surface area contributed by atoms with E-state index >= 15 is 0 Å². The number of aromatic amines is 2. The molecule has 2 N–H and O–H groups in total. The van der Waals surface area contributed by atoms with E-state index < -0.39 is 0 Å². The fraction of sp³-hybridized carbons (Fsp3) is 0. The molecule has 4 aromatic carbocycles. The lowest BCUT2D eigenvalue weighted by atomic mass is 10.1. The minimum atomic E-state index is 0.820. The van der Waals surface area contributed by atoms with E-state index in [4.69, 9.17) is 8.83 Å². The molecule has 4 aromatic heterocycles. The first kappa shape index (κ1) is 21.5. The molecule has 5 heterocycles. The van der Waals surface area contributed by atoms with Crippen LogP contribution in [-0.4, -0.2) is 9.97 Å². The van der Waals surface area contributed by atoms with Gasteiger partial charge in [0.2, 0.25) is 0 Å². The summed E-state index contributed by atoms with van der Waals surface area (Å²) in [6.07, 6.45) is 8.46. The van der Waals surface area contributed by atoms with Crippen molar-refractivity contribution in [1.29, 1.82) is 0 Å². The van der Waals surface area contributed by atoms with Gasteiger partial charge < -0.3 is 18.8 Å². The van der Waals surface area contributed by atoms with Crippen LogP contribution in [0.2, 0.25) is 0 Å². The van der Waals surface area contributed by atoms with Gasteiger partial charge >= 0.3 is 0 Å². The van der Waals surface area contributed by atoms with Crippen LogP contribution in [0.15, 0.2) is 106 Å². The lowest BCUT2D eigenvalue weighted by Gasteiger charge is -1.91. The van der Waals surface area contributed by atoms with E-state index in [-0.39, 0.29) is 0 Å². The van der Waals surface area contributed by atoms with Gasteiger partial charge in [0.05, 0.1) is 22.8 Å². The molecule has 0 radical (unpaired) electrons. The zero-order chi connectivity index (χ0) is 26.2. The van der Waals surface area contributed by atoms with Gasteiger partial charge in [-0.15, -0.1) is 0 Å². The fourth-order valence-corrected chi connectivity index (χ4v) is 6.16. The zero-order valence-corrected chi connectivity index (χ0v) is 21.4. The van der Waals surface area contributed by atoms with Gasteiger partial charge in [-0.1, -0.05) is 97.1 Å². The Bertz CT molecular complexity index is 2200. The van der Waals surface area contributed by atoms with Crippen LogP contribution in [0.3, 0.4) is 0 Å². The smallest absolute Gasteiger partial charge is 0.137 e. The number of aromatic nitrogens is 2. The van der Waals surface area contributed by atoms with Crippen molar-refractivity contribution in [1.82, 2.24) is 9.97 Å². The maximum absolute atomic E-state index is 6.60. The molecule has 0 saturated carbocycles. The van der Waals surface area contributed by atoms with Gasteiger partial charge in [-0.3, -0.25) is 0 Å². The maximum atomic E-state index is 6.60. The van der Waals surface area contributed by atoms with Crippen molar-refractivity contribution in [2.75, 3.05) is 0 Å². The molecule has 9 rings (SSSR count). The van der Waals surface area contributed by atoms with Crippen LogP contribution >= 0.6 is 0 Å². The van der Waals surface area contributed by atoms with E-state index in [1.165, 1.54) is 0 Å². The molecule has 188 valence electrons. The van der Waals surface area contributed by atoms with E-state index in [0.29, 0.717) is 0 Å². The standard InChI is InChI=1S/C36H22N2O2/c1-2-10-22-21(9-1)29-17-33-25-13-5-6-14-26(25)35(39-33)19-31-23-11-3-4-12-24(23)32(38-31)20-36-28-16-8-7-15-27(28)34(40-36)18-30(22)37-29/h1-20,37-38H. The molecule has 8 bridgehead atoms. The summed E-state index contributed by atoms with van der Waals surface area (Å²) < 4.78 is 13.2. The van der Waals surface area contributed by atoms with Gasteiger partial charge in [-0.25, -0.2) is 0 Å². The predicted octanol–water partition coefficient (Wildman–Crippen LogP) is 5.77. The maximum Gasteiger partial charge on any atom is 0.137 e. The molecule has 1 aliphatic rings. The second-order valence-corrected chi connectivity index (χ2v) is 10.3. The number of hydrogen-bond donors (Lipinski definition) is 2. The molecule has 0 unspecified atom stereocenters. The van der Waals surface area contributed by atoms with E-state index in [1.54, 1.807) is 0 Å². The predicted molar refractivity (Wildman–Crippen MR) is 162 cm³/mol. The van der Waals surface area contributed by atoms with Crippen LogP contribution in [0.1, 0.15) is 22.8 Å². The zero-order valence-electron chi connectivity index (χ0n) is 21.4. The van der Waals surface area contributed by atoms with Crippen molar-refractivity contribution >= 4 is 67.4 Å². The van der Waals surface area contributed by atoms with Crippen LogP contribution < -0.4 is 21.7 Å². The highest BCUT2D eigenvalue weighted by Crippen LogP contribution is 2.26. The molecule has 0 aliphatic carbocycles. The minimum absolute atomic E-state index is 0.820. The summed E-state index contributed by atoms with van der Waals surface area (Å²) in [5, 5.41) is 8.82. The molecule has 0 fully saturated rings. The van der Waals surface area contributed by atoms with Crippen LogP contribution in [0.4, 0.5) is 0 Å². The summed E-state index contributed by atoms with van der Waals surface area (Å²) in [6, 6.07) is 33.6. The average molecular weight is 515 g/mol. The Morgan fingerprint density at radius 2 is 0.525 bits per heavy atom. The first-order valence-corrected chi connectivity index (χ1v) is 13.4. The van der Waals surface area contributed by atoms with Gasteiger partial charge in [0, 0.05) is 67.4 Å². The number of benzene rings is 4. The molecule has 0 amide bonds. The number of fused-ring (bicyclic) bond motifs is 20. The van der Waals surface area contributed by atoms with Gasteiger partial charge in [0.15, 0.2) is 0 Å². The van der Waals surface area contributed by atoms with Crippen LogP contribution in [0.25, 0.3) is 67.4 Å². The van der Waals surface area contributed by atoms with Crippen molar-refractivity contribution in [2.24, 2.45) is 0 Å². The first-order chi connectivity index (χ1) is 19.8. The molecule has 0 saturated heterocycles. The highest BCUT2D eigenvalue weighted by atomic mass is 16.3. The van der Waals surface area contributed by atoms with Crippen molar-refractivity contribution in [2.45, 2.75) is 0 Å². The highest BCUT2D eigenvalue weighted by Gasteiger charge is 2.13. The number of nitrogens with one attached hydrogen (secondary N) is 2. The Hall–Kier alpha value is -5.48. The van der Waals surface area contributed by atoms with Gasteiger partial charge in [-0.2, -0.15) is 0 Å². The van der Waals surface area contributed by atoms with Crippen LogP contribution in [-0.2, 0) is 0 Å². The summed E-state index contributed by atoms with van der Waals surface area (Å²) >= 11 is 0. The number of hydrogen-bond acceptors (Lipinski definition) is 2. The molecule has 8 aromatic rings. The third kappa shape index (κ3) is 3.07. The molecule has 0 atom stereocenters. The number of rotatable bonds is 0. The fourth-order valence-electron chi connectivity index (χ4n) is 6.16. The quantitative estimate of drug-likeness (QED) is 0.270. The lowest BCUT2D eigenvalue weighted by molar-refractivity contribution is 0.507. The Kier molecular flexibility index (Phi) is 4.30. The topological polar surface area (TPSA) is 57.9 Å². The van der Waals surface area contributed by atoms with Gasteiger partial charge in [0.25, 0.3) is 0 Å². The first-order valence-electron chi connectivity index (χ1n) is 13.4. The summed E-state index contributed by atoms with van der Waals surface area (Å²) in [5.74, 6) is 0. The summed E-state index contributed by atoms with van der Waals surface area (Å²) in [4.78, 5) is 7.34. The molecular formula is C36H22N2O2. The van der Waals surface area contributed by atoms with E-state index in [1.807, 2.05) is 0 Å². The molecule has 1 aliphatic heterocycles. The number of H-pyrrole nitrogens is 2. The Balaban J connectivity index is 1.51. The highest BCUT2D eigenvalue weighted by molar-refractivity contribution is 5.99. The average Bonchev–Trinajstić information content (AvgIpc) is 3.73. The monoisotopic (exact) mass is 514 g/mol. The van der Waals surface area contributed by atoms with Crippen LogP contribution in [0.5, 0.6) is 0 Å². The van der Waals surface area contributed by atoms with Crippen molar-refractivity contribution in [3.63, 3.8) is 0 Å². The van der Waals surface area contributed by atoms with Gasteiger partial charge in [0.1, 0.15) is 21.7 Å². The Morgan fingerprint density at radius 1 is 0.300 bits per heavy atom. The second-order valence-electron chi connectivity index (χ2n) is 10.3. The summed E-state index contributed by atoms with van der Waals surface area (Å²) in [7, 11) is 0. The third-order valence-electron chi connectivity index (χ3n) is 8.01. The Morgan fingerprint density at radius 3 is 0.775 bits per heavy atom. The van der Waals surface area contributed by atoms with Gasteiger partial charge in [-0.05, 0) is 0 Å². The number of furan rings is 2. The molecular weight excluding hydrogens is 492 g/mol. The van der Waals surface area contributed by atoms with E-state index in [9.17, 15) is 0 Å². The van der Waals surface area contributed by atoms with Crippen LogP contribution in [0, 0.1) is 0 Å². The lowest BCUT2D eigenvalue weighted by Crippen LogP contribution is -2.02. The second kappa shape index (κ2) is 8.01. The summed E-state index contributed by atoms with van der Waals surface area (Å²) in [5.41, 5.74) is 7.26. The van der Waals surface area contributed by atoms with Crippen molar-refractivity contribution in [3.05, 3.63) is 141 Å². The molecule has 4 heteroatoms. The molecule has 4 nitrogen and oxygen atoms in total. The van der Waals surface area contributed by atoms with E-state index in [0.717, 1.165) is 87.5 Å². The molecule has 40 heavy (non-hydrogen) atoms. The normalized spacial score (nSPS) is 12.8. The molecule has 0 spiro atoms. The minimum Gasteiger partial charge on any atom is -0.456 e. The SMILES string of the molecule is C1=c2oc(c3ccccc23)=Cc2[nH]c(c3ccccc23)C=c2oc(c3ccccc23)=Cc2[nH]c1c1ccccc21. The van der Waals surface area contributed by atoms with Crippen molar-refractivity contribution < 1.29 is 8.83 Å². The third-order valence-corrected chi connectivity index (χ3v) is 8.01. The largest absolute Gasteiger partial charge is 0.456 e. The van der Waals surface area contributed by atoms with Crippen molar-refractivity contribution in [3.8, 4) is 0 Å². The van der Waals surface area contributed by atoms with E-state index in [2.05, 4.69) is 131 Å². The summed E-state index contributed by atoms with van der Waals surface area (Å²) in [6.45, 7) is 0.